The van der Waals surface area contributed by atoms with Crippen LogP contribution < -0.4 is 0 Å². The van der Waals surface area contributed by atoms with Gasteiger partial charge in [0.05, 0.1) is 18.8 Å². The monoisotopic (exact) mass is 281 g/mol. The fourth-order valence-corrected chi connectivity index (χ4v) is 3.62. The van der Waals surface area contributed by atoms with E-state index in [0.717, 1.165) is 65.0 Å². The van der Waals surface area contributed by atoms with Gasteiger partial charge in [-0.05, 0) is 39.2 Å². The molecule has 0 saturated carbocycles. The Bertz CT molecular complexity index is 347. The van der Waals surface area contributed by atoms with Gasteiger partial charge in [0.25, 0.3) is 0 Å². The highest BCUT2D eigenvalue weighted by atomic mass is 16.5. The third kappa shape index (κ3) is 2.93. The smallest absolute Gasteiger partial charge is 0.320 e. The summed E-state index contributed by atoms with van der Waals surface area (Å²) in [5, 5.41) is 0. The van der Waals surface area contributed by atoms with Crippen molar-refractivity contribution in [2.45, 2.75) is 37.7 Å². The molecule has 0 N–H and O–H groups in total. The summed E-state index contributed by atoms with van der Waals surface area (Å²) in [6, 6.07) is 0.242. The van der Waals surface area contributed by atoms with E-state index in [1.54, 1.807) is 0 Å². The number of carbonyl (C=O) groups excluding carboxylic acids is 1. The van der Waals surface area contributed by atoms with E-state index in [-0.39, 0.29) is 11.6 Å². The zero-order valence-corrected chi connectivity index (χ0v) is 12.6. The van der Waals surface area contributed by atoms with Gasteiger partial charge in [0.1, 0.15) is 0 Å². The number of ether oxygens (including phenoxy) is 1. The molecule has 5 nitrogen and oxygen atoms in total. The van der Waals surface area contributed by atoms with Gasteiger partial charge in [0.15, 0.2) is 0 Å². The van der Waals surface area contributed by atoms with E-state index in [1.807, 2.05) is 9.80 Å². The predicted molar refractivity (Wildman–Crippen MR) is 77.8 cm³/mol. The average molecular weight is 281 g/mol. The first-order valence-electron chi connectivity index (χ1n) is 8.05. The maximum Gasteiger partial charge on any atom is 0.320 e. The molecule has 2 amide bonds. The number of nitrogens with zero attached hydrogens (tertiary/aromatic N) is 3. The number of hydrogen-bond acceptors (Lipinski definition) is 3. The fourth-order valence-electron chi connectivity index (χ4n) is 3.62. The Kier molecular flexibility index (Phi) is 4.17. The van der Waals surface area contributed by atoms with E-state index >= 15 is 0 Å². The second-order valence-electron chi connectivity index (χ2n) is 6.59. The Labute approximate surface area is 121 Å². The van der Waals surface area contributed by atoms with Crippen LogP contribution in [0.1, 0.15) is 32.1 Å². The molecule has 3 rings (SSSR count). The molecule has 20 heavy (non-hydrogen) atoms. The molecule has 0 atom stereocenters. The zero-order chi connectivity index (χ0) is 14.0. The molecule has 3 saturated heterocycles. The Morgan fingerprint density at radius 3 is 2.35 bits per heavy atom. The first kappa shape index (κ1) is 14.1. The molecule has 114 valence electrons. The van der Waals surface area contributed by atoms with Crippen LogP contribution in [0.15, 0.2) is 0 Å². The Hall–Kier alpha value is -0.810. The highest BCUT2D eigenvalue weighted by Crippen LogP contribution is 2.30. The highest BCUT2D eigenvalue weighted by molar-refractivity contribution is 5.74. The van der Waals surface area contributed by atoms with Crippen molar-refractivity contribution in [3.63, 3.8) is 0 Å². The molecule has 3 heterocycles. The second kappa shape index (κ2) is 5.90. The topological polar surface area (TPSA) is 36.0 Å². The summed E-state index contributed by atoms with van der Waals surface area (Å²) < 4.78 is 6.08. The molecule has 0 aliphatic carbocycles. The van der Waals surface area contributed by atoms with Gasteiger partial charge in [-0.15, -0.1) is 0 Å². The van der Waals surface area contributed by atoms with E-state index in [2.05, 4.69) is 11.9 Å². The summed E-state index contributed by atoms with van der Waals surface area (Å²) in [6.07, 6.45) is 5.68. The molecule has 0 bridgehead atoms. The van der Waals surface area contributed by atoms with Crippen molar-refractivity contribution in [1.29, 1.82) is 0 Å². The van der Waals surface area contributed by atoms with E-state index in [4.69, 9.17) is 4.74 Å². The van der Waals surface area contributed by atoms with Crippen molar-refractivity contribution < 1.29 is 9.53 Å². The van der Waals surface area contributed by atoms with E-state index < -0.39 is 0 Å². The van der Waals surface area contributed by atoms with E-state index in [0.29, 0.717) is 6.61 Å². The van der Waals surface area contributed by atoms with Crippen LogP contribution in [-0.4, -0.2) is 79.3 Å². The summed E-state index contributed by atoms with van der Waals surface area (Å²) in [5.41, 5.74) is -0.0732. The third-order valence-electron chi connectivity index (χ3n) is 5.04. The van der Waals surface area contributed by atoms with Crippen molar-refractivity contribution in [1.82, 2.24) is 14.7 Å². The van der Waals surface area contributed by atoms with Gasteiger partial charge in [-0.25, -0.2) is 4.79 Å². The maximum absolute atomic E-state index is 12.6. The molecular formula is C15H27N3O2. The first-order valence-corrected chi connectivity index (χ1v) is 8.05. The van der Waals surface area contributed by atoms with Crippen LogP contribution in [0.3, 0.4) is 0 Å². The molecule has 3 fully saturated rings. The summed E-state index contributed by atoms with van der Waals surface area (Å²) >= 11 is 0. The predicted octanol–water partition coefficient (Wildman–Crippen LogP) is 1.39. The van der Waals surface area contributed by atoms with Gasteiger partial charge in [-0.3, -0.25) is 0 Å². The standard InChI is InChI=1S/C15H27N3O2/c1-16-9-5-15(6-10-16)13-18(11-12-20-15)14(19)17-7-3-2-4-8-17/h2-13H2,1H3. The van der Waals surface area contributed by atoms with Crippen LogP contribution in [-0.2, 0) is 4.74 Å². The fraction of sp³-hybridized carbons (Fsp3) is 0.933. The minimum atomic E-state index is -0.0732. The zero-order valence-electron chi connectivity index (χ0n) is 12.6. The van der Waals surface area contributed by atoms with Crippen LogP contribution in [0.4, 0.5) is 4.79 Å². The molecule has 0 radical (unpaired) electrons. The van der Waals surface area contributed by atoms with Crippen LogP contribution in [0.25, 0.3) is 0 Å². The van der Waals surface area contributed by atoms with Crippen molar-refractivity contribution in [2.75, 3.05) is 52.9 Å². The summed E-state index contributed by atoms with van der Waals surface area (Å²) in [6.45, 7) is 6.27. The normalized spacial score (nSPS) is 27.9. The van der Waals surface area contributed by atoms with Crippen LogP contribution in [0.2, 0.25) is 0 Å². The SMILES string of the molecule is CN1CCC2(CC1)CN(C(=O)N1CCCCC1)CCO2. The number of hydrogen-bond donors (Lipinski definition) is 0. The maximum atomic E-state index is 12.6. The van der Waals surface area contributed by atoms with E-state index in [9.17, 15) is 4.79 Å². The van der Waals surface area contributed by atoms with Crippen molar-refractivity contribution in [3.05, 3.63) is 0 Å². The molecular weight excluding hydrogens is 254 g/mol. The van der Waals surface area contributed by atoms with Gasteiger partial charge in [-0.1, -0.05) is 0 Å². The Morgan fingerprint density at radius 2 is 1.65 bits per heavy atom. The number of morpholine rings is 1. The van der Waals surface area contributed by atoms with Crippen LogP contribution in [0.5, 0.6) is 0 Å². The third-order valence-corrected chi connectivity index (χ3v) is 5.04. The Balaban J connectivity index is 1.61. The molecule has 0 aromatic heterocycles. The molecule has 0 unspecified atom stereocenters. The second-order valence-corrected chi connectivity index (χ2v) is 6.59. The average Bonchev–Trinajstić information content (AvgIpc) is 2.51. The van der Waals surface area contributed by atoms with Crippen LogP contribution in [0, 0.1) is 0 Å². The van der Waals surface area contributed by atoms with Gasteiger partial charge < -0.3 is 19.4 Å². The van der Waals surface area contributed by atoms with Crippen molar-refractivity contribution >= 4 is 6.03 Å². The number of rotatable bonds is 0. The lowest BCUT2D eigenvalue weighted by Crippen LogP contribution is -2.59. The number of carbonyl (C=O) groups is 1. The molecule has 5 heteroatoms. The lowest BCUT2D eigenvalue weighted by atomic mass is 9.89. The number of piperidine rings is 2. The molecule has 1 spiro atoms. The summed E-state index contributed by atoms with van der Waals surface area (Å²) in [5.74, 6) is 0. The van der Waals surface area contributed by atoms with Gasteiger partial charge in [0.2, 0.25) is 0 Å². The van der Waals surface area contributed by atoms with Gasteiger partial charge >= 0.3 is 6.03 Å². The molecule has 3 aliphatic heterocycles. The summed E-state index contributed by atoms with van der Waals surface area (Å²) in [4.78, 5) is 19.1. The minimum absolute atomic E-state index is 0.0732. The van der Waals surface area contributed by atoms with Gasteiger partial charge in [-0.2, -0.15) is 0 Å². The van der Waals surface area contributed by atoms with E-state index in [1.165, 1.54) is 6.42 Å². The van der Waals surface area contributed by atoms with Crippen molar-refractivity contribution in [3.8, 4) is 0 Å². The number of amides is 2. The highest BCUT2D eigenvalue weighted by Gasteiger charge is 2.41. The lowest BCUT2D eigenvalue weighted by molar-refractivity contribution is -0.125. The number of likely N-dealkylation sites (tertiary alicyclic amines) is 2. The summed E-state index contributed by atoms with van der Waals surface area (Å²) in [7, 11) is 2.16. The Morgan fingerprint density at radius 1 is 0.950 bits per heavy atom. The number of urea groups is 1. The quantitative estimate of drug-likeness (QED) is 0.673. The molecule has 0 aromatic rings. The van der Waals surface area contributed by atoms with Crippen molar-refractivity contribution in [2.24, 2.45) is 0 Å². The first-order chi connectivity index (χ1) is 9.69. The molecule has 3 aliphatic rings. The largest absolute Gasteiger partial charge is 0.371 e. The molecule has 0 aromatic carbocycles. The lowest BCUT2D eigenvalue weighted by Gasteiger charge is -2.47. The van der Waals surface area contributed by atoms with Gasteiger partial charge in [0, 0.05) is 32.7 Å². The minimum Gasteiger partial charge on any atom is -0.371 e. The van der Waals surface area contributed by atoms with Crippen LogP contribution >= 0.6 is 0 Å².